The number of benzene rings is 2. The maximum absolute atomic E-state index is 12.5. The van der Waals surface area contributed by atoms with Crippen LogP contribution in [0, 0.1) is 0 Å². The van der Waals surface area contributed by atoms with E-state index in [0.29, 0.717) is 25.2 Å². The predicted molar refractivity (Wildman–Crippen MR) is 104 cm³/mol. The lowest BCUT2D eigenvalue weighted by Crippen LogP contribution is -2.25. The van der Waals surface area contributed by atoms with Crippen molar-refractivity contribution in [3.05, 3.63) is 52.0 Å². The zero-order valence-corrected chi connectivity index (χ0v) is 16.9. The summed E-state index contributed by atoms with van der Waals surface area (Å²) >= 11 is 12.1. The number of nitrogens with one attached hydrogen (secondary N) is 1. The van der Waals surface area contributed by atoms with Crippen molar-refractivity contribution >= 4 is 33.2 Å². The molecule has 0 saturated heterocycles. The molecule has 8 heteroatoms. The average Bonchev–Trinajstić information content (AvgIpc) is 2.62. The molecule has 0 aliphatic carbocycles. The monoisotopic (exact) mass is 417 g/mol. The van der Waals surface area contributed by atoms with Gasteiger partial charge in [-0.15, -0.1) is 0 Å². The van der Waals surface area contributed by atoms with Crippen LogP contribution in [0.25, 0.3) is 0 Å². The van der Waals surface area contributed by atoms with Gasteiger partial charge in [-0.05, 0) is 43.5 Å². The van der Waals surface area contributed by atoms with Crippen molar-refractivity contribution in [1.29, 1.82) is 0 Å². The second kappa shape index (κ2) is 9.46. The maximum Gasteiger partial charge on any atom is 0.242 e. The highest BCUT2D eigenvalue weighted by Gasteiger charge is 2.21. The van der Waals surface area contributed by atoms with E-state index >= 15 is 0 Å². The summed E-state index contributed by atoms with van der Waals surface area (Å²) in [5.74, 6) is 1.14. The summed E-state index contributed by atoms with van der Waals surface area (Å²) < 4.78 is 38.1. The van der Waals surface area contributed by atoms with Gasteiger partial charge in [-0.1, -0.05) is 41.4 Å². The van der Waals surface area contributed by atoms with Gasteiger partial charge < -0.3 is 9.47 Å². The Labute approximate surface area is 164 Å². The molecule has 0 radical (unpaired) electrons. The molecule has 0 fully saturated rings. The van der Waals surface area contributed by atoms with Crippen molar-refractivity contribution in [2.75, 3.05) is 20.3 Å². The lowest BCUT2D eigenvalue weighted by molar-refractivity contribution is 0.336. The highest BCUT2D eigenvalue weighted by molar-refractivity contribution is 7.89. The number of para-hydroxylation sites is 1. The van der Waals surface area contributed by atoms with Crippen LogP contribution in [-0.2, 0) is 16.4 Å². The molecule has 1 N–H and O–H groups in total. The summed E-state index contributed by atoms with van der Waals surface area (Å²) in [7, 11) is -2.33. The molecule has 0 heterocycles. The fourth-order valence-corrected chi connectivity index (χ4v) is 4.36. The van der Waals surface area contributed by atoms with Gasteiger partial charge in [0.25, 0.3) is 0 Å². The fraction of sp³-hybridized carbons (Fsp3) is 0.333. The third-order valence-corrected chi connectivity index (χ3v) is 6.19. The van der Waals surface area contributed by atoms with Crippen molar-refractivity contribution in [1.82, 2.24) is 4.72 Å². The fourth-order valence-electron chi connectivity index (χ4n) is 2.45. The normalized spacial score (nSPS) is 11.4. The van der Waals surface area contributed by atoms with Gasteiger partial charge in [-0.3, -0.25) is 0 Å². The molecule has 0 amide bonds. The van der Waals surface area contributed by atoms with Crippen LogP contribution in [0.5, 0.6) is 11.5 Å². The van der Waals surface area contributed by atoms with Crippen LogP contribution in [-0.4, -0.2) is 28.7 Å². The number of hydrogen-bond donors (Lipinski definition) is 1. The number of halogens is 2. The van der Waals surface area contributed by atoms with E-state index in [4.69, 9.17) is 32.7 Å². The van der Waals surface area contributed by atoms with Gasteiger partial charge in [0.15, 0.2) is 0 Å². The Kier molecular flexibility index (Phi) is 7.58. The smallest absolute Gasteiger partial charge is 0.242 e. The summed E-state index contributed by atoms with van der Waals surface area (Å²) in [6, 6.07) is 10.6. The van der Waals surface area contributed by atoms with E-state index in [2.05, 4.69) is 4.72 Å². The zero-order chi connectivity index (χ0) is 19.2. The molecule has 0 aliphatic rings. The standard InChI is InChI=1S/C18H21Cl2NO4S/c1-3-25-14-9-5-4-7-13(14)8-6-12-21-26(22,23)16-11-10-15(24-2)17(19)18(16)20/h4-5,7,9-11,21H,3,6,8,12H2,1-2H3. The number of sulfonamides is 1. The average molecular weight is 418 g/mol. The Hall–Kier alpha value is -1.47. The Balaban J connectivity index is 2.00. The molecule has 0 unspecified atom stereocenters. The van der Waals surface area contributed by atoms with E-state index in [0.717, 1.165) is 11.3 Å². The van der Waals surface area contributed by atoms with Crippen molar-refractivity contribution in [2.24, 2.45) is 0 Å². The first-order valence-electron chi connectivity index (χ1n) is 8.13. The van der Waals surface area contributed by atoms with Crippen LogP contribution >= 0.6 is 23.2 Å². The molecule has 2 aromatic rings. The number of methoxy groups -OCH3 is 1. The van der Waals surface area contributed by atoms with Gasteiger partial charge in [-0.25, -0.2) is 13.1 Å². The van der Waals surface area contributed by atoms with E-state index in [-0.39, 0.29) is 21.5 Å². The van der Waals surface area contributed by atoms with E-state index in [1.165, 1.54) is 19.2 Å². The first-order chi connectivity index (χ1) is 12.4. The number of ether oxygens (including phenoxy) is 2. The molecule has 5 nitrogen and oxygen atoms in total. The van der Waals surface area contributed by atoms with Gasteiger partial charge in [-0.2, -0.15) is 0 Å². The van der Waals surface area contributed by atoms with Crippen molar-refractivity contribution < 1.29 is 17.9 Å². The highest BCUT2D eigenvalue weighted by atomic mass is 35.5. The quantitative estimate of drug-likeness (QED) is 0.617. The van der Waals surface area contributed by atoms with Gasteiger partial charge in [0.05, 0.1) is 18.7 Å². The van der Waals surface area contributed by atoms with E-state index in [1.54, 1.807) is 0 Å². The van der Waals surface area contributed by atoms with Crippen LogP contribution < -0.4 is 14.2 Å². The molecular formula is C18H21Cl2NO4S. The summed E-state index contributed by atoms with van der Waals surface area (Å²) in [6.07, 6.45) is 1.31. The first kappa shape index (κ1) is 20.8. The topological polar surface area (TPSA) is 64.6 Å². The van der Waals surface area contributed by atoms with Crippen LogP contribution in [0.4, 0.5) is 0 Å². The van der Waals surface area contributed by atoms with Gasteiger partial charge in [0.2, 0.25) is 10.0 Å². The summed E-state index contributed by atoms with van der Waals surface area (Å²) in [5, 5.41) is 0.0166. The minimum Gasteiger partial charge on any atom is -0.495 e. The third kappa shape index (κ3) is 5.04. The van der Waals surface area contributed by atoms with Gasteiger partial charge >= 0.3 is 0 Å². The summed E-state index contributed by atoms with van der Waals surface area (Å²) in [5.41, 5.74) is 1.04. The molecule has 2 aromatic carbocycles. The number of aryl methyl sites for hydroxylation is 1. The molecule has 26 heavy (non-hydrogen) atoms. The second-order valence-corrected chi connectivity index (χ2v) is 7.93. The van der Waals surface area contributed by atoms with Crippen molar-refractivity contribution in [3.63, 3.8) is 0 Å². The van der Waals surface area contributed by atoms with Crippen molar-refractivity contribution in [2.45, 2.75) is 24.7 Å². The van der Waals surface area contributed by atoms with Crippen LogP contribution in [0.15, 0.2) is 41.3 Å². The molecule has 0 atom stereocenters. The molecule has 0 spiro atoms. The SMILES string of the molecule is CCOc1ccccc1CCCNS(=O)(=O)c1ccc(OC)c(Cl)c1Cl. The number of hydrogen-bond acceptors (Lipinski definition) is 4. The largest absolute Gasteiger partial charge is 0.495 e. The van der Waals surface area contributed by atoms with E-state index < -0.39 is 10.0 Å². The molecular weight excluding hydrogens is 397 g/mol. The molecule has 0 saturated carbocycles. The van der Waals surface area contributed by atoms with Gasteiger partial charge in [0.1, 0.15) is 21.4 Å². The Morgan fingerprint density at radius 2 is 1.77 bits per heavy atom. The van der Waals surface area contributed by atoms with Crippen LogP contribution in [0.2, 0.25) is 10.0 Å². The third-order valence-electron chi connectivity index (χ3n) is 3.71. The molecule has 0 aliphatic heterocycles. The first-order valence-corrected chi connectivity index (χ1v) is 10.4. The van der Waals surface area contributed by atoms with Crippen LogP contribution in [0.1, 0.15) is 18.9 Å². The Bertz CT molecular complexity index is 856. The van der Waals surface area contributed by atoms with Crippen molar-refractivity contribution in [3.8, 4) is 11.5 Å². The summed E-state index contributed by atoms with van der Waals surface area (Å²) in [6.45, 7) is 2.78. The lowest BCUT2D eigenvalue weighted by Gasteiger charge is -2.12. The highest BCUT2D eigenvalue weighted by Crippen LogP contribution is 2.36. The lowest BCUT2D eigenvalue weighted by atomic mass is 10.1. The Morgan fingerprint density at radius 1 is 1.04 bits per heavy atom. The van der Waals surface area contributed by atoms with Crippen LogP contribution in [0.3, 0.4) is 0 Å². The van der Waals surface area contributed by atoms with E-state index in [9.17, 15) is 8.42 Å². The molecule has 0 aromatic heterocycles. The summed E-state index contributed by atoms with van der Waals surface area (Å²) in [4.78, 5) is -0.0697. The molecule has 142 valence electrons. The molecule has 2 rings (SSSR count). The zero-order valence-electron chi connectivity index (χ0n) is 14.6. The second-order valence-electron chi connectivity index (χ2n) is 5.44. The predicted octanol–water partition coefficient (Wildman–Crippen LogP) is 4.31. The van der Waals surface area contributed by atoms with Gasteiger partial charge in [0, 0.05) is 6.54 Å². The number of rotatable bonds is 9. The minimum absolute atomic E-state index is 0.0554. The maximum atomic E-state index is 12.5. The van der Waals surface area contributed by atoms with E-state index in [1.807, 2.05) is 31.2 Å². The Morgan fingerprint density at radius 3 is 2.46 bits per heavy atom. The minimum atomic E-state index is -3.77. The molecule has 0 bridgehead atoms.